The van der Waals surface area contributed by atoms with E-state index in [-0.39, 0.29) is 10.7 Å². The van der Waals surface area contributed by atoms with Crippen LogP contribution in [0.5, 0.6) is 0 Å². The summed E-state index contributed by atoms with van der Waals surface area (Å²) in [5, 5.41) is 9.25. The second kappa shape index (κ2) is 4.67. The summed E-state index contributed by atoms with van der Waals surface area (Å²) < 4.78 is 0. The first-order chi connectivity index (χ1) is 9.13. The van der Waals surface area contributed by atoms with Crippen molar-refractivity contribution < 1.29 is 9.90 Å². The van der Waals surface area contributed by atoms with Gasteiger partial charge in [0, 0.05) is 5.56 Å². The van der Waals surface area contributed by atoms with Gasteiger partial charge < -0.3 is 5.11 Å². The molecule has 0 aliphatic heterocycles. The number of aromatic carboxylic acids is 1. The maximum absolute atomic E-state index is 11.0. The average molecular weight is 274 g/mol. The van der Waals surface area contributed by atoms with Crippen LogP contribution in [0.1, 0.15) is 27.9 Å². The number of carboxylic acid groups (broad SMARTS) is 1. The van der Waals surface area contributed by atoms with Gasteiger partial charge in [0.25, 0.3) is 0 Å². The van der Waals surface area contributed by atoms with E-state index in [9.17, 15) is 4.79 Å². The molecule has 3 nitrogen and oxygen atoms in total. The van der Waals surface area contributed by atoms with Crippen molar-refractivity contribution >= 4 is 17.6 Å². The van der Waals surface area contributed by atoms with Crippen molar-refractivity contribution in [2.45, 2.75) is 19.3 Å². The van der Waals surface area contributed by atoms with E-state index in [4.69, 9.17) is 16.7 Å². The lowest BCUT2D eigenvalue weighted by atomic mass is 10.0. The zero-order chi connectivity index (χ0) is 13.4. The number of carbonyl (C=O) groups is 1. The molecule has 0 atom stereocenters. The number of fused-ring (bicyclic) bond motifs is 1. The van der Waals surface area contributed by atoms with E-state index in [2.05, 4.69) is 17.1 Å². The standard InChI is InChI=1S/C15H12ClNO2/c16-14-8-12(15(18)19)7-13(17-14)11-5-4-9-2-1-3-10(9)6-11/h4-8H,1-3H2,(H,18,19). The number of halogens is 1. The summed E-state index contributed by atoms with van der Waals surface area (Å²) in [6, 6.07) is 9.09. The van der Waals surface area contributed by atoms with Crippen LogP contribution in [0.25, 0.3) is 11.3 Å². The Balaban J connectivity index is 2.09. The summed E-state index contributed by atoms with van der Waals surface area (Å²) >= 11 is 5.89. The summed E-state index contributed by atoms with van der Waals surface area (Å²) in [7, 11) is 0. The van der Waals surface area contributed by atoms with Crippen LogP contribution in [0, 0.1) is 0 Å². The number of nitrogens with zero attached hydrogens (tertiary/aromatic N) is 1. The second-order valence-corrected chi connectivity index (χ2v) is 5.09. The lowest BCUT2D eigenvalue weighted by Gasteiger charge is -2.06. The Hall–Kier alpha value is -1.87. The molecule has 19 heavy (non-hydrogen) atoms. The SMILES string of the molecule is O=C(O)c1cc(Cl)nc(-c2ccc3c(c2)CCC3)c1. The van der Waals surface area contributed by atoms with Gasteiger partial charge in [-0.25, -0.2) is 9.78 Å². The van der Waals surface area contributed by atoms with Gasteiger partial charge in [0.2, 0.25) is 0 Å². The highest BCUT2D eigenvalue weighted by atomic mass is 35.5. The number of aryl methyl sites for hydroxylation is 2. The van der Waals surface area contributed by atoms with Crippen LogP contribution in [-0.4, -0.2) is 16.1 Å². The second-order valence-electron chi connectivity index (χ2n) is 4.71. The molecule has 1 aliphatic rings. The quantitative estimate of drug-likeness (QED) is 0.851. The number of carboxylic acids is 1. The van der Waals surface area contributed by atoms with Crippen molar-refractivity contribution in [3.8, 4) is 11.3 Å². The lowest BCUT2D eigenvalue weighted by Crippen LogP contribution is -1.98. The van der Waals surface area contributed by atoms with Crippen molar-refractivity contribution in [1.82, 2.24) is 4.98 Å². The molecule has 1 heterocycles. The largest absolute Gasteiger partial charge is 0.478 e. The van der Waals surface area contributed by atoms with Crippen molar-refractivity contribution in [1.29, 1.82) is 0 Å². The van der Waals surface area contributed by atoms with Crippen LogP contribution in [0.2, 0.25) is 5.15 Å². The van der Waals surface area contributed by atoms with Crippen molar-refractivity contribution in [2.24, 2.45) is 0 Å². The van der Waals surface area contributed by atoms with Crippen LogP contribution in [0.15, 0.2) is 30.3 Å². The van der Waals surface area contributed by atoms with E-state index in [1.807, 2.05) is 6.07 Å². The molecular formula is C15H12ClNO2. The van der Waals surface area contributed by atoms with Gasteiger partial charge in [0.15, 0.2) is 0 Å². The molecular weight excluding hydrogens is 262 g/mol. The maximum Gasteiger partial charge on any atom is 0.335 e. The van der Waals surface area contributed by atoms with E-state index in [0.717, 1.165) is 18.4 Å². The van der Waals surface area contributed by atoms with E-state index in [1.165, 1.54) is 23.6 Å². The van der Waals surface area contributed by atoms with Crippen molar-refractivity contribution in [3.05, 3.63) is 52.2 Å². The van der Waals surface area contributed by atoms with Gasteiger partial charge in [0.1, 0.15) is 5.15 Å². The van der Waals surface area contributed by atoms with Gasteiger partial charge in [-0.05, 0) is 48.6 Å². The van der Waals surface area contributed by atoms with Gasteiger partial charge in [0.05, 0.1) is 11.3 Å². The molecule has 0 amide bonds. The van der Waals surface area contributed by atoms with E-state index in [0.29, 0.717) is 5.69 Å². The predicted octanol–water partition coefficient (Wildman–Crippen LogP) is 3.59. The number of pyridine rings is 1. The average Bonchev–Trinajstić information content (AvgIpc) is 2.85. The molecule has 1 N–H and O–H groups in total. The molecule has 0 bridgehead atoms. The molecule has 0 unspecified atom stereocenters. The fourth-order valence-corrected chi connectivity index (χ4v) is 2.71. The van der Waals surface area contributed by atoms with Gasteiger partial charge in [-0.2, -0.15) is 0 Å². The normalized spacial score (nSPS) is 13.3. The first-order valence-electron chi connectivity index (χ1n) is 6.16. The number of hydrogen-bond acceptors (Lipinski definition) is 2. The third-order valence-corrected chi connectivity index (χ3v) is 3.63. The van der Waals surface area contributed by atoms with Crippen molar-refractivity contribution in [2.75, 3.05) is 0 Å². The van der Waals surface area contributed by atoms with E-state index >= 15 is 0 Å². The molecule has 0 saturated carbocycles. The van der Waals surface area contributed by atoms with Gasteiger partial charge in [-0.15, -0.1) is 0 Å². The fraction of sp³-hybridized carbons (Fsp3) is 0.200. The van der Waals surface area contributed by atoms with E-state index < -0.39 is 5.97 Å². The topological polar surface area (TPSA) is 50.2 Å². The third kappa shape index (κ3) is 2.34. The van der Waals surface area contributed by atoms with Crippen LogP contribution in [0.4, 0.5) is 0 Å². The molecule has 0 radical (unpaired) electrons. The summed E-state index contributed by atoms with van der Waals surface area (Å²) in [4.78, 5) is 15.3. The molecule has 96 valence electrons. The Morgan fingerprint density at radius 2 is 1.95 bits per heavy atom. The fourth-order valence-electron chi connectivity index (χ4n) is 2.50. The van der Waals surface area contributed by atoms with Crippen molar-refractivity contribution in [3.63, 3.8) is 0 Å². The number of benzene rings is 1. The first kappa shape index (κ1) is 12.2. The minimum atomic E-state index is -0.994. The molecule has 0 saturated heterocycles. The smallest absolute Gasteiger partial charge is 0.335 e. The van der Waals surface area contributed by atoms with Crippen LogP contribution >= 0.6 is 11.6 Å². The lowest BCUT2D eigenvalue weighted by molar-refractivity contribution is 0.0697. The van der Waals surface area contributed by atoms with Gasteiger partial charge in [-0.3, -0.25) is 0 Å². The zero-order valence-electron chi connectivity index (χ0n) is 10.2. The minimum Gasteiger partial charge on any atom is -0.478 e. The monoisotopic (exact) mass is 273 g/mol. The Kier molecular flexibility index (Phi) is 2.99. The summed E-state index contributed by atoms with van der Waals surface area (Å²) in [5.41, 5.74) is 4.40. The molecule has 0 fully saturated rings. The first-order valence-corrected chi connectivity index (χ1v) is 6.54. The van der Waals surface area contributed by atoms with E-state index in [1.54, 1.807) is 6.07 Å². The summed E-state index contributed by atoms with van der Waals surface area (Å²) in [5.74, 6) is -0.994. The Bertz CT molecular complexity index is 667. The predicted molar refractivity (Wildman–Crippen MR) is 73.7 cm³/mol. The highest BCUT2D eigenvalue weighted by molar-refractivity contribution is 6.29. The van der Waals surface area contributed by atoms with Gasteiger partial charge >= 0.3 is 5.97 Å². The molecule has 1 aromatic carbocycles. The minimum absolute atomic E-state index is 0.162. The highest BCUT2D eigenvalue weighted by Gasteiger charge is 2.13. The molecule has 1 aliphatic carbocycles. The molecule has 4 heteroatoms. The Morgan fingerprint density at radius 3 is 2.74 bits per heavy atom. The molecule has 2 aromatic rings. The zero-order valence-corrected chi connectivity index (χ0v) is 10.9. The van der Waals surface area contributed by atoms with Crippen LogP contribution in [0.3, 0.4) is 0 Å². The molecule has 1 aromatic heterocycles. The highest BCUT2D eigenvalue weighted by Crippen LogP contribution is 2.28. The Morgan fingerprint density at radius 1 is 1.16 bits per heavy atom. The molecule has 0 spiro atoms. The van der Waals surface area contributed by atoms with Crippen LogP contribution < -0.4 is 0 Å². The number of rotatable bonds is 2. The summed E-state index contributed by atoms with van der Waals surface area (Å²) in [6.07, 6.45) is 3.39. The Labute approximate surface area is 115 Å². The third-order valence-electron chi connectivity index (χ3n) is 3.44. The number of aromatic nitrogens is 1. The van der Waals surface area contributed by atoms with Crippen LogP contribution in [-0.2, 0) is 12.8 Å². The van der Waals surface area contributed by atoms with Gasteiger partial charge in [-0.1, -0.05) is 23.7 Å². The summed E-state index contributed by atoms with van der Waals surface area (Å²) in [6.45, 7) is 0. The molecule has 3 rings (SSSR count). The number of hydrogen-bond donors (Lipinski definition) is 1. The maximum atomic E-state index is 11.0.